The number of hydrogen-bond acceptors (Lipinski definition) is 5. The molecule has 8 heteroatoms. The number of anilines is 2. The fraction of sp³-hybridized carbons (Fsp3) is 0. The second kappa shape index (κ2) is 2.71. The average molecular weight is 190 g/mol. The van der Waals surface area contributed by atoms with Gasteiger partial charge in [-0.25, -0.2) is 4.98 Å². The molecule has 0 radical (unpaired) electrons. The van der Waals surface area contributed by atoms with Crippen LogP contribution in [0.25, 0.3) is 0 Å². The monoisotopic (exact) mass is 190 g/mol. The van der Waals surface area contributed by atoms with Crippen molar-refractivity contribution in [2.45, 2.75) is 0 Å². The van der Waals surface area contributed by atoms with Gasteiger partial charge in [-0.15, -0.1) is 0 Å². The van der Waals surface area contributed by atoms with E-state index in [1.165, 1.54) is 0 Å². The molecule has 0 bridgehead atoms. The van der Waals surface area contributed by atoms with Gasteiger partial charge in [0.05, 0.1) is 0 Å². The van der Waals surface area contributed by atoms with Crippen molar-refractivity contribution in [3.63, 3.8) is 0 Å². The maximum absolute atomic E-state index is 10.6. The van der Waals surface area contributed by atoms with E-state index in [4.69, 9.17) is 21.3 Å². The number of hydrogen-bond donors (Lipinski definition) is 4. The average Bonchev–Trinajstić information content (AvgIpc) is 1.82. The molecule has 1 aromatic rings. The molecule has 66 valence electrons. The van der Waals surface area contributed by atoms with Crippen molar-refractivity contribution in [3.8, 4) is 0 Å². The lowest BCUT2D eigenvalue weighted by Crippen LogP contribution is -2.14. The molecule has 0 aliphatic rings. The Balaban J connectivity index is 3.27. The van der Waals surface area contributed by atoms with Gasteiger partial charge in [-0.3, -0.25) is 4.57 Å². The Morgan fingerprint density at radius 2 is 1.92 bits per heavy atom. The first kappa shape index (κ1) is 8.92. The van der Waals surface area contributed by atoms with E-state index in [2.05, 4.69) is 9.97 Å². The predicted molar refractivity (Wildman–Crippen MR) is 42.5 cm³/mol. The van der Waals surface area contributed by atoms with Crippen molar-refractivity contribution in [2.75, 3.05) is 11.5 Å². The molecule has 0 aliphatic heterocycles. The van der Waals surface area contributed by atoms with E-state index in [0.717, 1.165) is 6.07 Å². The van der Waals surface area contributed by atoms with Gasteiger partial charge >= 0.3 is 7.60 Å². The van der Waals surface area contributed by atoms with Crippen LogP contribution in [-0.2, 0) is 4.57 Å². The summed E-state index contributed by atoms with van der Waals surface area (Å²) in [6, 6.07) is 0.983. The minimum absolute atomic E-state index is 0.0687. The van der Waals surface area contributed by atoms with Crippen LogP contribution in [0.5, 0.6) is 0 Å². The van der Waals surface area contributed by atoms with Gasteiger partial charge in [0.15, 0.2) is 5.44 Å². The topological polar surface area (TPSA) is 135 Å². The van der Waals surface area contributed by atoms with Crippen LogP contribution in [0.4, 0.5) is 11.8 Å². The largest absolute Gasteiger partial charge is 0.384 e. The van der Waals surface area contributed by atoms with Crippen LogP contribution in [0.3, 0.4) is 0 Å². The van der Waals surface area contributed by atoms with E-state index in [1.807, 2.05) is 0 Å². The second-order valence-electron chi connectivity index (χ2n) is 2.05. The molecule has 1 heterocycles. The third-order valence-electron chi connectivity index (χ3n) is 1.05. The van der Waals surface area contributed by atoms with Gasteiger partial charge in [-0.2, -0.15) is 4.98 Å². The van der Waals surface area contributed by atoms with E-state index in [1.54, 1.807) is 0 Å². The van der Waals surface area contributed by atoms with E-state index < -0.39 is 13.0 Å². The van der Waals surface area contributed by atoms with Crippen molar-refractivity contribution in [3.05, 3.63) is 6.07 Å². The van der Waals surface area contributed by atoms with Crippen molar-refractivity contribution in [1.82, 2.24) is 9.97 Å². The molecule has 12 heavy (non-hydrogen) atoms. The molecule has 0 fully saturated rings. The minimum Gasteiger partial charge on any atom is -0.384 e. The minimum atomic E-state index is -4.38. The van der Waals surface area contributed by atoms with Gasteiger partial charge in [0.25, 0.3) is 0 Å². The Hall–Kier alpha value is -1.17. The van der Waals surface area contributed by atoms with Gasteiger partial charge < -0.3 is 21.3 Å². The molecule has 7 nitrogen and oxygen atoms in total. The molecule has 0 unspecified atom stereocenters. The number of aromatic nitrogens is 2. The third kappa shape index (κ3) is 1.91. The molecule has 0 aromatic carbocycles. The highest BCUT2D eigenvalue weighted by atomic mass is 31.2. The Morgan fingerprint density at radius 1 is 1.33 bits per heavy atom. The normalized spacial score (nSPS) is 11.5. The first-order valence-electron chi connectivity index (χ1n) is 2.86. The Kier molecular flexibility index (Phi) is 2.01. The Labute approximate surface area is 67.6 Å². The van der Waals surface area contributed by atoms with E-state index in [9.17, 15) is 4.57 Å². The summed E-state index contributed by atoms with van der Waals surface area (Å²) < 4.78 is 10.6. The molecule has 6 N–H and O–H groups in total. The van der Waals surface area contributed by atoms with Crippen LogP contribution < -0.4 is 16.9 Å². The number of nitrogens with two attached hydrogens (primary N) is 2. The number of nitrogens with zero attached hydrogens (tertiary/aromatic N) is 2. The molecule has 1 aromatic heterocycles. The quantitative estimate of drug-likeness (QED) is 0.393. The molecule has 0 aliphatic carbocycles. The summed E-state index contributed by atoms with van der Waals surface area (Å²) in [7, 11) is -4.38. The summed E-state index contributed by atoms with van der Waals surface area (Å²) >= 11 is 0. The van der Waals surface area contributed by atoms with Crippen LogP contribution >= 0.6 is 7.60 Å². The zero-order chi connectivity index (χ0) is 9.35. The van der Waals surface area contributed by atoms with Crippen molar-refractivity contribution in [2.24, 2.45) is 0 Å². The Morgan fingerprint density at radius 3 is 2.33 bits per heavy atom. The summed E-state index contributed by atoms with van der Waals surface area (Å²) in [5.74, 6) is -0.325. The second-order valence-corrected chi connectivity index (χ2v) is 3.60. The maximum atomic E-state index is 10.6. The van der Waals surface area contributed by atoms with E-state index in [0.29, 0.717) is 0 Å². The highest BCUT2D eigenvalue weighted by Crippen LogP contribution is 2.32. The van der Waals surface area contributed by atoms with E-state index in [-0.39, 0.29) is 11.8 Å². The van der Waals surface area contributed by atoms with E-state index >= 15 is 0 Å². The summed E-state index contributed by atoms with van der Waals surface area (Å²) in [5, 5.41) is 0. The lowest BCUT2D eigenvalue weighted by molar-refractivity contribution is 0.386. The van der Waals surface area contributed by atoms with Gasteiger partial charge in [0.2, 0.25) is 5.95 Å². The molecular weight excluding hydrogens is 183 g/mol. The van der Waals surface area contributed by atoms with Crippen molar-refractivity contribution in [1.29, 1.82) is 0 Å². The van der Waals surface area contributed by atoms with Crippen LogP contribution in [-0.4, -0.2) is 19.8 Å². The standard InChI is InChI=1S/C4H7N4O3P/c5-2-1-3(12(9,10)11)8-4(6)7-2/h1H,(H2,9,10,11)(H4,5,6,7,8). The van der Waals surface area contributed by atoms with Crippen molar-refractivity contribution < 1.29 is 14.4 Å². The lowest BCUT2D eigenvalue weighted by atomic mass is 10.6. The molecule has 1 rings (SSSR count). The molecular formula is C4H7N4O3P. The third-order valence-corrected chi connectivity index (χ3v) is 1.87. The van der Waals surface area contributed by atoms with Gasteiger partial charge in [0.1, 0.15) is 5.82 Å². The zero-order valence-corrected chi connectivity index (χ0v) is 6.77. The lowest BCUT2D eigenvalue weighted by Gasteiger charge is -2.03. The maximum Gasteiger partial charge on any atom is 0.374 e. The van der Waals surface area contributed by atoms with Crippen LogP contribution in [0.1, 0.15) is 0 Å². The molecule has 0 saturated heterocycles. The SMILES string of the molecule is Nc1cc(P(=O)(O)O)nc(N)n1. The van der Waals surface area contributed by atoms with Crippen molar-refractivity contribution >= 4 is 24.8 Å². The number of rotatable bonds is 1. The summed E-state index contributed by atoms with van der Waals surface area (Å²) in [6.07, 6.45) is 0. The van der Waals surface area contributed by atoms with Gasteiger partial charge in [-0.05, 0) is 0 Å². The summed E-state index contributed by atoms with van der Waals surface area (Å²) in [5.41, 5.74) is 9.83. The highest BCUT2D eigenvalue weighted by Gasteiger charge is 2.20. The first-order chi connectivity index (χ1) is 5.39. The predicted octanol–water partition coefficient (Wildman–Crippen LogP) is -1.56. The molecule has 0 spiro atoms. The molecule has 0 amide bonds. The molecule has 0 atom stereocenters. The fourth-order valence-electron chi connectivity index (χ4n) is 0.621. The smallest absolute Gasteiger partial charge is 0.374 e. The fourth-order valence-corrected chi connectivity index (χ4v) is 1.15. The van der Waals surface area contributed by atoms with Crippen LogP contribution in [0.15, 0.2) is 6.07 Å². The van der Waals surface area contributed by atoms with Crippen LogP contribution in [0.2, 0.25) is 0 Å². The highest BCUT2D eigenvalue weighted by molar-refractivity contribution is 7.60. The summed E-state index contributed by atoms with van der Waals surface area (Å²) in [4.78, 5) is 24.1. The van der Waals surface area contributed by atoms with Crippen LogP contribution in [0, 0.1) is 0 Å². The molecule has 0 saturated carbocycles. The number of nitrogen functional groups attached to an aromatic ring is 2. The zero-order valence-electron chi connectivity index (χ0n) is 5.88. The summed E-state index contributed by atoms with van der Waals surface area (Å²) in [6.45, 7) is 0. The Bertz CT molecular complexity index is 328. The van der Waals surface area contributed by atoms with Gasteiger partial charge in [0, 0.05) is 6.07 Å². The van der Waals surface area contributed by atoms with Gasteiger partial charge in [-0.1, -0.05) is 0 Å². The first-order valence-corrected chi connectivity index (χ1v) is 4.47.